The van der Waals surface area contributed by atoms with E-state index in [4.69, 9.17) is 15.2 Å². The van der Waals surface area contributed by atoms with Crippen LogP contribution in [0, 0.1) is 5.41 Å². The number of piperidine rings is 1. The molecular weight excluding hydrogens is 432 g/mol. The highest BCUT2D eigenvalue weighted by molar-refractivity contribution is 5.78. The second-order valence-electron chi connectivity index (χ2n) is 11.0. The predicted molar refractivity (Wildman–Crippen MR) is 140 cm³/mol. The molecule has 2 aromatic carbocycles. The molecule has 4 nitrogen and oxygen atoms in total. The Morgan fingerprint density at radius 2 is 1.54 bits per heavy atom. The van der Waals surface area contributed by atoms with E-state index in [-0.39, 0.29) is 17.6 Å². The van der Waals surface area contributed by atoms with Crippen molar-refractivity contribution in [2.24, 2.45) is 11.1 Å². The Bertz CT molecular complexity index is 1230. The van der Waals surface area contributed by atoms with Gasteiger partial charge in [-0.25, -0.2) is 0 Å². The predicted octanol–water partition coefficient (Wildman–Crippen LogP) is 6.46. The molecule has 182 valence electrons. The molecule has 0 bridgehead atoms. The molecule has 0 aromatic heterocycles. The number of nitrogens with two attached hydrogens (primary N) is 1. The number of allylic oxidation sites excluding steroid dienone is 5. The van der Waals surface area contributed by atoms with E-state index in [9.17, 15) is 0 Å². The SMILES string of the molecule is CC1=C(C)C2=C(N)C(C)(CN3CCC(OC4c5ccccc5-c5ccccc54)CC3)CC2=C(C)O1. The van der Waals surface area contributed by atoms with Crippen molar-refractivity contribution in [2.45, 2.75) is 59.2 Å². The van der Waals surface area contributed by atoms with Crippen LogP contribution in [0.2, 0.25) is 0 Å². The highest BCUT2D eigenvalue weighted by Crippen LogP contribution is 2.51. The number of likely N-dealkylation sites (tertiary alicyclic amines) is 1. The molecule has 6 rings (SSSR count). The van der Waals surface area contributed by atoms with Crippen molar-refractivity contribution in [1.82, 2.24) is 4.90 Å². The molecule has 2 aromatic rings. The van der Waals surface area contributed by atoms with Crippen molar-refractivity contribution >= 4 is 0 Å². The minimum Gasteiger partial charge on any atom is -0.466 e. The fraction of sp³-hybridized carbons (Fsp3) is 0.419. The molecule has 1 fully saturated rings. The summed E-state index contributed by atoms with van der Waals surface area (Å²) in [6, 6.07) is 17.4. The first-order chi connectivity index (χ1) is 16.9. The molecule has 1 unspecified atom stereocenters. The van der Waals surface area contributed by atoms with Gasteiger partial charge < -0.3 is 20.1 Å². The van der Waals surface area contributed by atoms with Gasteiger partial charge in [0.1, 0.15) is 17.6 Å². The van der Waals surface area contributed by atoms with Crippen LogP contribution < -0.4 is 5.73 Å². The van der Waals surface area contributed by atoms with Crippen molar-refractivity contribution in [3.8, 4) is 11.1 Å². The maximum Gasteiger partial charge on any atom is 0.109 e. The maximum atomic E-state index is 6.83. The summed E-state index contributed by atoms with van der Waals surface area (Å²) in [5, 5.41) is 0. The van der Waals surface area contributed by atoms with Gasteiger partial charge in [-0.15, -0.1) is 0 Å². The highest BCUT2D eigenvalue weighted by Gasteiger charge is 2.43. The fourth-order valence-electron chi connectivity index (χ4n) is 6.60. The smallest absolute Gasteiger partial charge is 0.109 e. The minimum absolute atomic E-state index is 0.0442. The molecule has 1 atom stereocenters. The molecule has 0 radical (unpaired) electrons. The Morgan fingerprint density at radius 3 is 2.17 bits per heavy atom. The third kappa shape index (κ3) is 3.66. The summed E-state index contributed by atoms with van der Waals surface area (Å²) in [5.41, 5.74) is 16.8. The number of benzene rings is 2. The summed E-state index contributed by atoms with van der Waals surface area (Å²) in [6.45, 7) is 11.6. The van der Waals surface area contributed by atoms with Gasteiger partial charge in [0.05, 0.1) is 6.10 Å². The van der Waals surface area contributed by atoms with Crippen molar-refractivity contribution in [2.75, 3.05) is 19.6 Å². The van der Waals surface area contributed by atoms with Gasteiger partial charge in [0.15, 0.2) is 0 Å². The average Bonchev–Trinajstić information content (AvgIpc) is 3.31. The van der Waals surface area contributed by atoms with Gasteiger partial charge >= 0.3 is 0 Å². The largest absolute Gasteiger partial charge is 0.466 e. The molecule has 2 aliphatic carbocycles. The van der Waals surface area contributed by atoms with Crippen molar-refractivity contribution < 1.29 is 9.47 Å². The molecule has 0 saturated carbocycles. The highest BCUT2D eigenvalue weighted by atomic mass is 16.5. The fourth-order valence-corrected chi connectivity index (χ4v) is 6.60. The third-order valence-corrected chi connectivity index (χ3v) is 8.63. The van der Waals surface area contributed by atoms with Gasteiger partial charge in [0.2, 0.25) is 0 Å². The van der Waals surface area contributed by atoms with Crippen molar-refractivity contribution in [3.05, 3.63) is 93.6 Å². The lowest BCUT2D eigenvalue weighted by molar-refractivity contribution is -0.0290. The number of hydrogen-bond acceptors (Lipinski definition) is 4. The molecule has 1 saturated heterocycles. The molecule has 2 heterocycles. The molecular formula is C31H36N2O2. The lowest BCUT2D eigenvalue weighted by Gasteiger charge is -2.38. The summed E-state index contributed by atoms with van der Waals surface area (Å²) in [4.78, 5) is 2.59. The van der Waals surface area contributed by atoms with Crippen LogP contribution in [-0.4, -0.2) is 30.6 Å². The van der Waals surface area contributed by atoms with Crippen LogP contribution in [-0.2, 0) is 9.47 Å². The maximum absolute atomic E-state index is 6.83. The zero-order chi connectivity index (χ0) is 24.3. The van der Waals surface area contributed by atoms with Crippen LogP contribution in [0.3, 0.4) is 0 Å². The second kappa shape index (κ2) is 8.39. The van der Waals surface area contributed by atoms with E-state index in [0.717, 1.165) is 56.1 Å². The zero-order valence-corrected chi connectivity index (χ0v) is 21.4. The lowest BCUT2D eigenvalue weighted by Crippen LogP contribution is -2.44. The summed E-state index contributed by atoms with van der Waals surface area (Å²) >= 11 is 0. The van der Waals surface area contributed by atoms with Gasteiger partial charge in [-0.2, -0.15) is 0 Å². The number of nitrogens with zero attached hydrogens (tertiary/aromatic N) is 1. The molecule has 35 heavy (non-hydrogen) atoms. The molecule has 0 spiro atoms. The van der Waals surface area contributed by atoms with Gasteiger partial charge in [-0.1, -0.05) is 55.5 Å². The van der Waals surface area contributed by atoms with Gasteiger partial charge in [0.25, 0.3) is 0 Å². The Morgan fingerprint density at radius 1 is 0.943 bits per heavy atom. The molecule has 4 aliphatic rings. The van der Waals surface area contributed by atoms with E-state index < -0.39 is 0 Å². The van der Waals surface area contributed by atoms with E-state index in [1.165, 1.54) is 39.0 Å². The summed E-state index contributed by atoms with van der Waals surface area (Å²) in [6.07, 6.45) is 3.38. The summed E-state index contributed by atoms with van der Waals surface area (Å²) < 4.78 is 12.8. The Hall–Kier alpha value is -2.82. The molecule has 2 aliphatic heterocycles. The Kier molecular flexibility index (Phi) is 5.43. The summed E-state index contributed by atoms with van der Waals surface area (Å²) in [5.74, 6) is 1.99. The summed E-state index contributed by atoms with van der Waals surface area (Å²) in [7, 11) is 0. The van der Waals surface area contributed by atoms with Crippen LogP contribution in [0.25, 0.3) is 11.1 Å². The Balaban J connectivity index is 1.14. The quantitative estimate of drug-likeness (QED) is 0.560. The van der Waals surface area contributed by atoms with Gasteiger partial charge in [0, 0.05) is 41.9 Å². The van der Waals surface area contributed by atoms with Gasteiger partial charge in [-0.05, 0) is 67.9 Å². The number of ether oxygens (including phenoxy) is 2. The number of fused-ring (bicyclic) bond motifs is 4. The zero-order valence-electron chi connectivity index (χ0n) is 21.4. The minimum atomic E-state index is -0.0573. The van der Waals surface area contributed by atoms with E-state index in [2.05, 4.69) is 74.2 Å². The van der Waals surface area contributed by atoms with Crippen molar-refractivity contribution in [3.63, 3.8) is 0 Å². The topological polar surface area (TPSA) is 47.7 Å². The first-order valence-electron chi connectivity index (χ1n) is 13.0. The normalized spacial score (nSPS) is 25.1. The standard InChI is InChI=1S/C31H36N2O2/c1-19-20(2)34-21(3)27-17-31(4,30(32)28(19)27)18-33-15-13-22(14-16-33)35-29-25-11-7-5-9-23(25)24-10-6-8-12-26(24)29/h5-12,22,29H,13-18,32H2,1-4H3. The number of rotatable bonds is 4. The molecule has 4 heteroatoms. The van der Waals surface area contributed by atoms with E-state index in [1.807, 2.05) is 6.92 Å². The Labute approximate surface area is 209 Å². The number of hydrogen-bond donors (Lipinski definition) is 1. The van der Waals surface area contributed by atoms with Crippen LogP contribution in [0.15, 0.2) is 82.5 Å². The monoisotopic (exact) mass is 468 g/mol. The van der Waals surface area contributed by atoms with Crippen LogP contribution in [0.1, 0.15) is 64.2 Å². The molecule has 2 N–H and O–H groups in total. The second-order valence-corrected chi connectivity index (χ2v) is 11.0. The van der Waals surface area contributed by atoms with Crippen LogP contribution in [0.4, 0.5) is 0 Å². The van der Waals surface area contributed by atoms with E-state index >= 15 is 0 Å². The van der Waals surface area contributed by atoms with Crippen LogP contribution in [0.5, 0.6) is 0 Å². The first kappa shape index (κ1) is 22.6. The third-order valence-electron chi connectivity index (χ3n) is 8.63. The van der Waals surface area contributed by atoms with Crippen LogP contribution >= 0.6 is 0 Å². The lowest BCUT2D eigenvalue weighted by atomic mass is 9.85. The van der Waals surface area contributed by atoms with E-state index in [1.54, 1.807) is 0 Å². The average molecular weight is 469 g/mol. The van der Waals surface area contributed by atoms with Gasteiger partial charge in [-0.3, -0.25) is 0 Å². The van der Waals surface area contributed by atoms with Crippen molar-refractivity contribution in [1.29, 1.82) is 0 Å². The molecule has 0 amide bonds. The van der Waals surface area contributed by atoms with E-state index in [0.29, 0.717) is 0 Å². The first-order valence-corrected chi connectivity index (χ1v) is 13.0.